The number of carboxylic acid groups (broad SMARTS) is 1. The van der Waals surface area contributed by atoms with E-state index in [0.717, 1.165) is 40.0 Å². The van der Waals surface area contributed by atoms with Crippen LogP contribution in [0.4, 0.5) is 0 Å². The van der Waals surface area contributed by atoms with Crippen molar-refractivity contribution < 1.29 is 9.90 Å². The molecule has 0 saturated carbocycles. The average Bonchev–Trinajstić information content (AvgIpc) is 3.23. The lowest BCUT2D eigenvalue weighted by Crippen LogP contribution is -2.33. The molecule has 166 valence electrons. The van der Waals surface area contributed by atoms with E-state index in [1.807, 2.05) is 37.4 Å². The number of carbonyl (C=O) groups is 1. The Kier molecular flexibility index (Phi) is 6.02. The Morgan fingerprint density at radius 2 is 1.97 bits per heavy atom. The van der Waals surface area contributed by atoms with Crippen molar-refractivity contribution in [1.29, 1.82) is 0 Å². The standard InChI is InChI=1S/C25H28N4O2S/c1-15(2)14-28-23(22(27-25(28)32)21-10-5-6-11-26-21)20-12-16(3)29(17(20)4)19-9-7-8-18(13-19)24(30)31/h5-13,15,22-23H,14H2,1-4H3,(H,27,32)(H,30,31)/t22-,23+/m1/s1. The van der Waals surface area contributed by atoms with Gasteiger partial charge in [0.15, 0.2) is 5.11 Å². The highest BCUT2D eigenvalue weighted by molar-refractivity contribution is 7.80. The highest BCUT2D eigenvalue weighted by Crippen LogP contribution is 2.41. The predicted molar refractivity (Wildman–Crippen MR) is 129 cm³/mol. The number of aromatic nitrogens is 2. The lowest BCUT2D eigenvalue weighted by Gasteiger charge is -2.29. The fourth-order valence-corrected chi connectivity index (χ4v) is 4.91. The molecule has 1 saturated heterocycles. The molecule has 2 aromatic heterocycles. The quantitative estimate of drug-likeness (QED) is 0.527. The van der Waals surface area contributed by atoms with Crippen molar-refractivity contribution in [2.75, 3.05) is 6.54 Å². The highest BCUT2D eigenvalue weighted by Gasteiger charge is 2.41. The Bertz CT molecular complexity index is 1160. The van der Waals surface area contributed by atoms with Gasteiger partial charge in [0, 0.05) is 29.8 Å². The second-order valence-electron chi connectivity index (χ2n) is 8.69. The molecule has 2 atom stereocenters. The molecule has 7 heteroatoms. The van der Waals surface area contributed by atoms with Gasteiger partial charge < -0.3 is 19.9 Å². The Morgan fingerprint density at radius 1 is 1.19 bits per heavy atom. The Hall–Kier alpha value is -3.19. The molecule has 0 spiro atoms. The number of hydrogen-bond acceptors (Lipinski definition) is 3. The van der Waals surface area contributed by atoms with Crippen LogP contribution >= 0.6 is 12.2 Å². The van der Waals surface area contributed by atoms with Crippen molar-refractivity contribution in [2.24, 2.45) is 5.92 Å². The topological polar surface area (TPSA) is 70.4 Å². The fourth-order valence-electron chi connectivity index (χ4n) is 4.60. The predicted octanol–water partition coefficient (Wildman–Crippen LogP) is 4.82. The number of nitrogens with zero attached hydrogens (tertiary/aromatic N) is 3. The molecule has 1 aromatic carbocycles. The van der Waals surface area contributed by atoms with E-state index in [-0.39, 0.29) is 17.6 Å². The normalized spacial score (nSPS) is 18.3. The number of hydrogen-bond donors (Lipinski definition) is 2. The number of carboxylic acids is 1. The first kappa shape index (κ1) is 22.0. The summed E-state index contributed by atoms with van der Waals surface area (Å²) in [5.74, 6) is -0.492. The molecular formula is C25H28N4O2S. The van der Waals surface area contributed by atoms with Crippen LogP contribution in [0, 0.1) is 19.8 Å². The molecule has 0 unspecified atom stereocenters. The summed E-state index contributed by atoms with van der Waals surface area (Å²) >= 11 is 5.75. The van der Waals surface area contributed by atoms with Crippen molar-refractivity contribution in [3.05, 3.63) is 82.9 Å². The van der Waals surface area contributed by atoms with E-state index < -0.39 is 5.97 Å². The molecule has 0 amide bonds. The van der Waals surface area contributed by atoms with Crippen LogP contribution in [0.3, 0.4) is 0 Å². The first-order valence-corrected chi connectivity index (χ1v) is 11.2. The highest BCUT2D eigenvalue weighted by atomic mass is 32.1. The maximum atomic E-state index is 11.5. The summed E-state index contributed by atoms with van der Waals surface area (Å²) in [4.78, 5) is 18.4. The minimum atomic E-state index is -0.932. The summed E-state index contributed by atoms with van der Waals surface area (Å²) in [6.45, 7) is 9.34. The zero-order valence-corrected chi connectivity index (χ0v) is 19.6. The summed E-state index contributed by atoms with van der Waals surface area (Å²) in [6.07, 6.45) is 1.81. The largest absolute Gasteiger partial charge is 0.478 e. The van der Waals surface area contributed by atoms with Crippen LogP contribution in [0.2, 0.25) is 0 Å². The average molecular weight is 449 g/mol. The summed E-state index contributed by atoms with van der Waals surface area (Å²) in [5.41, 5.74) is 5.33. The van der Waals surface area contributed by atoms with Crippen molar-refractivity contribution in [3.8, 4) is 5.69 Å². The molecule has 2 N–H and O–H groups in total. The van der Waals surface area contributed by atoms with E-state index in [9.17, 15) is 9.90 Å². The van der Waals surface area contributed by atoms with E-state index in [1.165, 1.54) is 0 Å². The third-order valence-electron chi connectivity index (χ3n) is 5.90. The molecular weight excluding hydrogens is 420 g/mol. The van der Waals surface area contributed by atoms with Gasteiger partial charge in [-0.2, -0.15) is 0 Å². The molecule has 1 fully saturated rings. The monoisotopic (exact) mass is 448 g/mol. The van der Waals surface area contributed by atoms with Gasteiger partial charge in [-0.25, -0.2) is 4.79 Å². The number of rotatable bonds is 6. The Morgan fingerprint density at radius 3 is 2.62 bits per heavy atom. The molecule has 0 aliphatic carbocycles. The minimum absolute atomic E-state index is 0.0117. The van der Waals surface area contributed by atoms with Crippen molar-refractivity contribution in [3.63, 3.8) is 0 Å². The van der Waals surface area contributed by atoms with Gasteiger partial charge in [0.25, 0.3) is 0 Å². The van der Waals surface area contributed by atoms with Gasteiger partial charge in [0.1, 0.15) is 0 Å². The number of aryl methyl sites for hydroxylation is 1. The van der Waals surface area contributed by atoms with E-state index in [1.54, 1.807) is 18.2 Å². The van der Waals surface area contributed by atoms with E-state index in [2.05, 4.69) is 46.6 Å². The van der Waals surface area contributed by atoms with Crippen LogP contribution < -0.4 is 5.32 Å². The summed E-state index contributed by atoms with van der Waals surface area (Å²) in [6, 6.07) is 15.1. The second kappa shape index (κ2) is 8.74. The number of thiocarbonyl (C=S) groups is 1. The van der Waals surface area contributed by atoms with Crippen LogP contribution in [0.15, 0.2) is 54.7 Å². The van der Waals surface area contributed by atoms with Gasteiger partial charge in [0.2, 0.25) is 0 Å². The summed E-state index contributed by atoms with van der Waals surface area (Å²) in [5, 5.41) is 13.7. The molecule has 3 heterocycles. The van der Waals surface area contributed by atoms with Gasteiger partial charge in [-0.3, -0.25) is 4.98 Å². The first-order valence-electron chi connectivity index (χ1n) is 10.8. The number of benzene rings is 1. The van der Waals surface area contributed by atoms with E-state index >= 15 is 0 Å². The molecule has 0 bridgehead atoms. The maximum absolute atomic E-state index is 11.5. The Balaban J connectivity index is 1.84. The zero-order chi connectivity index (χ0) is 23.0. The van der Waals surface area contributed by atoms with E-state index in [4.69, 9.17) is 12.2 Å². The van der Waals surface area contributed by atoms with Crippen LogP contribution in [0.5, 0.6) is 0 Å². The smallest absolute Gasteiger partial charge is 0.335 e. The number of aromatic carboxylic acids is 1. The molecule has 32 heavy (non-hydrogen) atoms. The third kappa shape index (κ3) is 4.00. The SMILES string of the molecule is Cc1cc([C@H]2[C@@H](c3ccccn3)NC(=S)N2CC(C)C)c(C)n1-c1cccc(C(=O)O)c1. The van der Waals surface area contributed by atoms with E-state index in [0.29, 0.717) is 5.92 Å². The van der Waals surface area contributed by atoms with Crippen molar-refractivity contribution in [1.82, 2.24) is 19.8 Å². The van der Waals surface area contributed by atoms with Crippen LogP contribution in [-0.2, 0) is 0 Å². The minimum Gasteiger partial charge on any atom is -0.478 e. The summed E-state index contributed by atoms with van der Waals surface area (Å²) in [7, 11) is 0. The number of nitrogens with one attached hydrogen (secondary N) is 1. The van der Waals surface area contributed by atoms with Crippen molar-refractivity contribution in [2.45, 2.75) is 39.8 Å². The molecule has 3 aromatic rings. The first-order chi connectivity index (χ1) is 15.3. The van der Waals surface area contributed by atoms with Gasteiger partial charge >= 0.3 is 5.97 Å². The third-order valence-corrected chi connectivity index (χ3v) is 6.25. The second-order valence-corrected chi connectivity index (χ2v) is 9.08. The van der Waals surface area contributed by atoms with Gasteiger partial charge in [-0.1, -0.05) is 26.0 Å². The molecule has 4 rings (SSSR count). The summed E-state index contributed by atoms with van der Waals surface area (Å²) < 4.78 is 2.12. The zero-order valence-electron chi connectivity index (χ0n) is 18.7. The van der Waals surface area contributed by atoms with Gasteiger partial charge in [-0.15, -0.1) is 0 Å². The molecule has 6 nitrogen and oxygen atoms in total. The van der Waals surface area contributed by atoms with Crippen LogP contribution in [0.1, 0.15) is 58.9 Å². The lowest BCUT2D eigenvalue weighted by molar-refractivity contribution is 0.0697. The Labute approximate surface area is 193 Å². The van der Waals surface area contributed by atoms with Crippen LogP contribution in [-0.4, -0.2) is 37.2 Å². The molecule has 0 radical (unpaired) electrons. The molecule has 1 aliphatic heterocycles. The lowest BCUT2D eigenvalue weighted by atomic mass is 9.96. The van der Waals surface area contributed by atoms with Crippen molar-refractivity contribution >= 4 is 23.3 Å². The molecule has 1 aliphatic rings. The number of pyridine rings is 1. The van der Waals surface area contributed by atoms with Crippen LogP contribution in [0.25, 0.3) is 5.69 Å². The van der Waals surface area contributed by atoms with Gasteiger partial charge in [-0.05, 0) is 73.9 Å². The fraction of sp³-hybridized carbons (Fsp3) is 0.320. The van der Waals surface area contributed by atoms with Gasteiger partial charge in [0.05, 0.1) is 23.3 Å². The maximum Gasteiger partial charge on any atom is 0.335 e.